The van der Waals surface area contributed by atoms with Gasteiger partial charge in [0.15, 0.2) is 0 Å². The topological polar surface area (TPSA) is 70.6 Å². The number of amides is 1. The molecule has 21 heavy (non-hydrogen) atoms. The van der Waals surface area contributed by atoms with Crippen LogP contribution >= 0.6 is 0 Å². The smallest absolute Gasteiger partial charge is 0.225 e. The van der Waals surface area contributed by atoms with Crippen LogP contribution in [0.2, 0.25) is 0 Å². The zero-order chi connectivity index (χ0) is 15.0. The van der Waals surface area contributed by atoms with Crippen LogP contribution in [0.4, 0.5) is 0 Å². The molecular weight excluding hydrogens is 290 g/mol. The van der Waals surface area contributed by atoms with Crippen LogP contribution in [0.1, 0.15) is 18.4 Å². The van der Waals surface area contributed by atoms with Crippen molar-refractivity contribution in [2.45, 2.75) is 25.4 Å². The Bertz CT molecular complexity index is 622. The van der Waals surface area contributed by atoms with Crippen molar-refractivity contribution in [1.29, 1.82) is 0 Å². The molecule has 6 nitrogen and oxygen atoms in total. The molecule has 2 heterocycles. The second-order valence-corrected chi connectivity index (χ2v) is 7.77. The third-order valence-electron chi connectivity index (χ3n) is 4.02. The van der Waals surface area contributed by atoms with Crippen molar-refractivity contribution in [2.75, 3.05) is 19.3 Å². The van der Waals surface area contributed by atoms with Crippen LogP contribution in [0.5, 0.6) is 0 Å². The number of carbonyl (C=O) groups is 1. The Morgan fingerprint density at radius 1 is 1.33 bits per heavy atom. The van der Waals surface area contributed by atoms with Crippen LogP contribution in [0.25, 0.3) is 0 Å². The largest absolute Gasteiger partial charge is 0.339 e. The molecule has 0 N–H and O–H groups in total. The van der Waals surface area contributed by atoms with Crippen LogP contribution in [0, 0.1) is 5.92 Å². The molecule has 1 aliphatic carbocycles. The van der Waals surface area contributed by atoms with E-state index in [0.717, 1.165) is 18.4 Å². The summed E-state index contributed by atoms with van der Waals surface area (Å²) >= 11 is 0. The fourth-order valence-electron chi connectivity index (χ4n) is 2.59. The molecular formula is C14H19N3O3S. The summed E-state index contributed by atoms with van der Waals surface area (Å²) in [6.45, 7) is 1.35. The highest BCUT2D eigenvalue weighted by Crippen LogP contribution is 2.33. The summed E-state index contributed by atoms with van der Waals surface area (Å²) in [5.41, 5.74) is 0.905. The zero-order valence-corrected chi connectivity index (χ0v) is 12.8. The van der Waals surface area contributed by atoms with E-state index in [1.165, 1.54) is 10.6 Å². The summed E-state index contributed by atoms with van der Waals surface area (Å²) in [5.74, 6) is 0.376. The molecule has 0 unspecified atom stereocenters. The lowest BCUT2D eigenvalue weighted by atomic mass is 10.1. The Labute approximate surface area is 124 Å². The molecule has 1 aromatic heterocycles. The van der Waals surface area contributed by atoms with Crippen molar-refractivity contribution >= 4 is 15.9 Å². The quantitative estimate of drug-likeness (QED) is 0.792. The van der Waals surface area contributed by atoms with Gasteiger partial charge in [0.2, 0.25) is 15.9 Å². The van der Waals surface area contributed by atoms with Crippen LogP contribution in [0.15, 0.2) is 24.5 Å². The second-order valence-electron chi connectivity index (χ2n) is 5.83. The van der Waals surface area contributed by atoms with E-state index in [2.05, 4.69) is 4.98 Å². The molecule has 0 atom stereocenters. The van der Waals surface area contributed by atoms with E-state index < -0.39 is 10.0 Å². The summed E-state index contributed by atoms with van der Waals surface area (Å²) in [6.07, 6.45) is 6.48. The van der Waals surface area contributed by atoms with E-state index in [1.807, 2.05) is 12.1 Å². The minimum Gasteiger partial charge on any atom is -0.339 e. The maximum atomic E-state index is 12.0. The van der Waals surface area contributed by atoms with Gasteiger partial charge >= 0.3 is 0 Å². The molecule has 1 amide bonds. The Morgan fingerprint density at radius 3 is 2.48 bits per heavy atom. The summed E-state index contributed by atoms with van der Waals surface area (Å²) in [7, 11) is -3.30. The first-order chi connectivity index (χ1) is 9.95. The maximum Gasteiger partial charge on any atom is 0.225 e. The van der Waals surface area contributed by atoms with Crippen molar-refractivity contribution in [3.63, 3.8) is 0 Å². The lowest BCUT2D eigenvalue weighted by Crippen LogP contribution is -2.62. The van der Waals surface area contributed by atoms with E-state index in [1.54, 1.807) is 17.3 Å². The third-order valence-corrected chi connectivity index (χ3v) is 5.30. The first-order valence-electron chi connectivity index (χ1n) is 7.09. The average molecular weight is 309 g/mol. The van der Waals surface area contributed by atoms with Gasteiger partial charge in [0.05, 0.1) is 12.3 Å². The van der Waals surface area contributed by atoms with Gasteiger partial charge in [-0.25, -0.2) is 8.42 Å². The van der Waals surface area contributed by atoms with Gasteiger partial charge in [-0.05, 0) is 30.5 Å². The predicted octanol–water partition coefficient (Wildman–Crippen LogP) is 0.464. The van der Waals surface area contributed by atoms with Crippen LogP contribution in [-0.4, -0.2) is 53.9 Å². The first-order valence-corrected chi connectivity index (χ1v) is 8.94. The highest BCUT2D eigenvalue weighted by molar-refractivity contribution is 7.88. The summed E-state index contributed by atoms with van der Waals surface area (Å²) in [4.78, 5) is 17.6. The lowest BCUT2D eigenvalue weighted by molar-refractivity contribution is -0.138. The zero-order valence-electron chi connectivity index (χ0n) is 12.0. The second kappa shape index (κ2) is 5.38. The third kappa shape index (κ3) is 3.24. The van der Waals surface area contributed by atoms with Gasteiger partial charge < -0.3 is 4.90 Å². The van der Waals surface area contributed by atoms with E-state index in [0.29, 0.717) is 19.6 Å². The number of hydrogen-bond donors (Lipinski definition) is 0. The Balaban J connectivity index is 1.66. The molecule has 1 saturated heterocycles. The van der Waals surface area contributed by atoms with Crippen molar-refractivity contribution < 1.29 is 13.2 Å². The number of sulfonamides is 1. The number of hydrogen-bond acceptors (Lipinski definition) is 4. The van der Waals surface area contributed by atoms with E-state index in [4.69, 9.17) is 0 Å². The normalized spacial score (nSPS) is 19.6. The summed E-state index contributed by atoms with van der Waals surface area (Å²) < 4.78 is 25.5. The van der Waals surface area contributed by atoms with Crippen LogP contribution in [0.3, 0.4) is 0 Å². The molecule has 0 bridgehead atoms. The molecule has 2 aliphatic rings. The van der Waals surface area contributed by atoms with Gasteiger partial charge in [0, 0.05) is 37.9 Å². The molecule has 0 spiro atoms. The number of aromatic nitrogens is 1. The fourth-order valence-corrected chi connectivity index (χ4v) is 3.65. The van der Waals surface area contributed by atoms with E-state index in [9.17, 15) is 13.2 Å². The fraction of sp³-hybridized carbons (Fsp3) is 0.571. The molecule has 7 heteroatoms. The number of pyridine rings is 1. The molecule has 1 saturated carbocycles. The molecule has 1 aliphatic heterocycles. The molecule has 0 aromatic carbocycles. The van der Waals surface area contributed by atoms with Crippen LogP contribution < -0.4 is 0 Å². The molecule has 3 rings (SSSR count). The predicted molar refractivity (Wildman–Crippen MR) is 77.7 cm³/mol. The standard InChI is InChI=1S/C14H19N3O3S/c1-21(19,20)17(8-11-4-6-15-7-5-11)13-9-16(10-13)14(18)12-2-3-12/h4-7,12-13H,2-3,8-10H2,1H3. The number of carbonyl (C=O) groups excluding carboxylic acids is 1. The minimum atomic E-state index is -3.30. The first kappa shape index (κ1) is 14.5. The minimum absolute atomic E-state index is 0.115. The number of likely N-dealkylation sites (tertiary alicyclic amines) is 1. The average Bonchev–Trinajstić information content (AvgIpc) is 3.20. The highest BCUT2D eigenvalue weighted by Gasteiger charge is 2.43. The van der Waals surface area contributed by atoms with Gasteiger partial charge in [-0.2, -0.15) is 4.31 Å². The SMILES string of the molecule is CS(=O)(=O)N(Cc1ccncc1)C1CN(C(=O)C2CC2)C1. The molecule has 114 valence electrons. The summed E-state index contributed by atoms with van der Waals surface area (Å²) in [6, 6.07) is 3.50. The van der Waals surface area contributed by atoms with Crippen molar-refractivity contribution in [3.05, 3.63) is 30.1 Å². The van der Waals surface area contributed by atoms with Crippen LogP contribution in [-0.2, 0) is 21.4 Å². The van der Waals surface area contributed by atoms with Gasteiger partial charge in [-0.15, -0.1) is 0 Å². The highest BCUT2D eigenvalue weighted by atomic mass is 32.2. The van der Waals surface area contributed by atoms with Gasteiger partial charge in [-0.3, -0.25) is 9.78 Å². The monoisotopic (exact) mass is 309 g/mol. The van der Waals surface area contributed by atoms with Crippen molar-refractivity contribution in [1.82, 2.24) is 14.2 Å². The van der Waals surface area contributed by atoms with Crippen molar-refractivity contribution in [2.24, 2.45) is 5.92 Å². The van der Waals surface area contributed by atoms with E-state index >= 15 is 0 Å². The number of rotatable bonds is 5. The van der Waals surface area contributed by atoms with Gasteiger partial charge in [0.25, 0.3) is 0 Å². The maximum absolute atomic E-state index is 12.0. The van der Waals surface area contributed by atoms with Gasteiger partial charge in [0.1, 0.15) is 0 Å². The summed E-state index contributed by atoms with van der Waals surface area (Å²) in [5, 5.41) is 0. The Kier molecular flexibility index (Phi) is 3.71. The van der Waals surface area contributed by atoms with Crippen molar-refractivity contribution in [3.8, 4) is 0 Å². The Morgan fingerprint density at radius 2 is 1.95 bits per heavy atom. The molecule has 2 fully saturated rings. The number of nitrogens with zero attached hydrogens (tertiary/aromatic N) is 3. The molecule has 1 aromatic rings. The van der Waals surface area contributed by atoms with E-state index in [-0.39, 0.29) is 17.9 Å². The Hall–Kier alpha value is -1.47. The van der Waals surface area contributed by atoms with Gasteiger partial charge in [-0.1, -0.05) is 0 Å². The lowest BCUT2D eigenvalue weighted by Gasteiger charge is -2.44. The molecule has 0 radical (unpaired) electrons.